The molecule has 1 aliphatic heterocycles. The van der Waals surface area contributed by atoms with E-state index in [1.54, 1.807) is 14.0 Å². The summed E-state index contributed by atoms with van der Waals surface area (Å²) in [6.07, 6.45) is 2.19. The molecule has 1 N–H and O–H groups in total. The summed E-state index contributed by atoms with van der Waals surface area (Å²) in [6.45, 7) is 2.53. The molecule has 4 nitrogen and oxygen atoms in total. The van der Waals surface area contributed by atoms with Crippen molar-refractivity contribution in [1.82, 2.24) is 4.90 Å². The lowest BCUT2D eigenvalue weighted by Gasteiger charge is -2.26. The van der Waals surface area contributed by atoms with E-state index in [4.69, 9.17) is 4.74 Å². The second kappa shape index (κ2) is 7.70. The van der Waals surface area contributed by atoms with E-state index < -0.39 is 6.10 Å². The van der Waals surface area contributed by atoms with E-state index in [1.807, 2.05) is 53.4 Å². The number of nitrogens with zero attached hydrogens (tertiary/aromatic N) is 1. The van der Waals surface area contributed by atoms with Crippen LogP contribution in [0.3, 0.4) is 0 Å². The second-order valence-electron chi connectivity index (χ2n) is 6.66. The van der Waals surface area contributed by atoms with E-state index in [0.29, 0.717) is 12.0 Å². The molecular weight excluding hydrogens is 314 g/mol. The number of benzene rings is 2. The molecule has 132 valence electrons. The van der Waals surface area contributed by atoms with Crippen LogP contribution in [0, 0.1) is 0 Å². The molecule has 1 saturated heterocycles. The van der Waals surface area contributed by atoms with Gasteiger partial charge >= 0.3 is 0 Å². The van der Waals surface area contributed by atoms with Gasteiger partial charge in [0.25, 0.3) is 5.91 Å². The van der Waals surface area contributed by atoms with Crippen LogP contribution in [-0.2, 0) is 0 Å². The Bertz CT molecular complexity index is 727. The number of hydrogen-bond acceptors (Lipinski definition) is 3. The molecule has 2 unspecified atom stereocenters. The molecule has 4 heteroatoms. The Balaban J connectivity index is 1.91. The van der Waals surface area contributed by atoms with Gasteiger partial charge in [-0.2, -0.15) is 0 Å². The first-order valence-corrected chi connectivity index (χ1v) is 8.82. The molecule has 2 atom stereocenters. The molecule has 1 aliphatic rings. The van der Waals surface area contributed by atoms with Gasteiger partial charge in [-0.15, -0.1) is 0 Å². The summed E-state index contributed by atoms with van der Waals surface area (Å²) < 4.78 is 5.48. The fourth-order valence-corrected chi connectivity index (χ4v) is 3.59. The summed E-state index contributed by atoms with van der Waals surface area (Å²) in [5.41, 5.74) is 2.60. The molecule has 0 bridgehead atoms. The van der Waals surface area contributed by atoms with Gasteiger partial charge in [0.1, 0.15) is 5.75 Å². The summed E-state index contributed by atoms with van der Waals surface area (Å²) in [5, 5.41) is 9.69. The number of ether oxygens (including phenoxy) is 1. The van der Waals surface area contributed by atoms with Crippen LogP contribution in [0.5, 0.6) is 5.75 Å². The Morgan fingerprint density at radius 1 is 1.28 bits per heavy atom. The number of carbonyl (C=O) groups is 1. The first-order valence-electron chi connectivity index (χ1n) is 8.82. The van der Waals surface area contributed by atoms with Crippen molar-refractivity contribution in [2.75, 3.05) is 13.7 Å². The third-order valence-corrected chi connectivity index (χ3v) is 4.78. The topological polar surface area (TPSA) is 49.8 Å². The van der Waals surface area contributed by atoms with Crippen molar-refractivity contribution in [1.29, 1.82) is 0 Å². The molecular formula is C21H25NO3. The van der Waals surface area contributed by atoms with Crippen molar-refractivity contribution in [3.8, 4) is 16.9 Å². The van der Waals surface area contributed by atoms with Crippen LogP contribution in [0.1, 0.15) is 36.5 Å². The number of amides is 1. The van der Waals surface area contributed by atoms with Gasteiger partial charge in [-0.1, -0.05) is 30.3 Å². The number of aliphatic hydroxyl groups excluding tert-OH is 1. The lowest BCUT2D eigenvalue weighted by atomic mass is 10.0. The highest BCUT2D eigenvalue weighted by Crippen LogP contribution is 2.32. The van der Waals surface area contributed by atoms with Crippen molar-refractivity contribution in [3.05, 3.63) is 54.1 Å². The van der Waals surface area contributed by atoms with Gasteiger partial charge < -0.3 is 14.7 Å². The first-order chi connectivity index (χ1) is 12.1. The largest absolute Gasteiger partial charge is 0.496 e. The van der Waals surface area contributed by atoms with Crippen molar-refractivity contribution in [3.63, 3.8) is 0 Å². The van der Waals surface area contributed by atoms with Crippen LogP contribution in [-0.4, -0.2) is 41.7 Å². The van der Waals surface area contributed by atoms with Crippen LogP contribution in [0.15, 0.2) is 48.5 Å². The molecule has 2 aromatic rings. The minimum atomic E-state index is -0.394. The lowest BCUT2D eigenvalue weighted by Crippen LogP contribution is -2.37. The van der Waals surface area contributed by atoms with Crippen molar-refractivity contribution < 1.29 is 14.6 Å². The third kappa shape index (κ3) is 3.85. The maximum atomic E-state index is 13.0. The minimum Gasteiger partial charge on any atom is -0.496 e. The monoisotopic (exact) mass is 339 g/mol. The Morgan fingerprint density at radius 3 is 2.72 bits per heavy atom. The molecule has 0 aromatic heterocycles. The van der Waals surface area contributed by atoms with E-state index >= 15 is 0 Å². The second-order valence-corrected chi connectivity index (χ2v) is 6.66. The predicted molar refractivity (Wildman–Crippen MR) is 98.8 cm³/mol. The highest BCUT2D eigenvalue weighted by Gasteiger charge is 2.30. The van der Waals surface area contributed by atoms with E-state index in [-0.39, 0.29) is 11.9 Å². The number of likely N-dealkylation sites (tertiary alicyclic amines) is 1. The van der Waals surface area contributed by atoms with Crippen molar-refractivity contribution in [2.24, 2.45) is 0 Å². The highest BCUT2D eigenvalue weighted by atomic mass is 16.5. The number of aliphatic hydroxyl groups is 1. The Labute approximate surface area is 149 Å². The zero-order chi connectivity index (χ0) is 17.8. The minimum absolute atomic E-state index is 0.0305. The van der Waals surface area contributed by atoms with Crippen molar-refractivity contribution >= 4 is 5.91 Å². The van der Waals surface area contributed by atoms with Gasteiger partial charge in [0.15, 0.2) is 0 Å². The first kappa shape index (κ1) is 17.5. The van der Waals surface area contributed by atoms with E-state index in [0.717, 1.165) is 36.3 Å². The zero-order valence-corrected chi connectivity index (χ0v) is 14.8. The van der Waals surface area contributed by atoms with Crippen LogP contribution in [0.25, 0.3) is 11.1 Å². The summed E-state index contributed by atoms with van der Waals surface area (Å²) in [7, 11) is 1.64. The molecule has 1 heterocycles. The van der Waals surface area contributed by atoms with Gasteiger partial charge in [-0.25, -0.2) is 0 Å². The number of carbonyl (C=O) groups excluding carboxylic acids is 1. The van der Waals surface area contributed by atoms with E-state index in [1.165, 1.54) is 0 Å². The highest BCUT2D eigenvalue weighted by molar-refractivity contribution is 5.96. The zero-order valence-electron chi connectivity index (χ0n) is 14.8. The van der Waals surface area contributed by atoms with Gasteiger partial charge in [0.2, 0.25) is 0 Å². The molecule has 1 amide bonds. The van der Waals surface area contributed by atoms with Crippen molar-refractivity contribution in [2.45, 2.75) is 38.3 Å². The maximum absolute atomic E-state index is 13.0. The number of hydrogen-bond donors (Lipinski definition) is 1. The molecule has 0 radical (unpaired) electrons. The summed E-state index contributed by atoms with van der Waals surface area (Å²) >= 11 is 0. The third-order valence-electron chi connectivity index (χ3n) is 4.78. The average molecular weight is 339 g/mol. The lowest BCUT2D eigenvalue weighted by molar-refractivity contribution is 0.0682. The van der Waals surface area contributed by atoms with E-state index in [9.17, 15) is 9.90 Å². The molecule has 25 heavy (non-hydrogen) atoms. The van der Waals surface area contributed by atoms with E-state index in [2.05, 4.69) is 0 Å². The Kier molecular flexibility index (Phi) is 5.39. The normalized spacial score (nSPS) is 18.2. The molecule has 0 saturated carbocycles. The SMILES string of the molecule is COc1ccc(C(=O)N2CCCC2CC(C)O)cc1-c1ccccc1. The molecule has 0 aliphatic carbocycles. The standard InChI is InChI=1S/C21H25NO3/c1-15(23)13-18-9-6-12-22(18)21(24)17-10-11-20(25-2)19(14-17)16-7-4-3-5-8-16/h3-5,7-8,10-11,14-15,18,23H,6,9,12-13H2,1-2H3. The van der Waals surface area contributed by atoms with Crippen LogP contribution < -0.4 is 4.74 Å². The van der Waals surface area contributed by atoms with Gasteiger partial charge in [0.05, 0.1) is 13.2 Å². The van der Waals surface area contributed by atoms with Crippen LogP contribution >= 0.6 is 0 Å². The molecule has 3 rings (SSSR count). The molecule has 2 aromatic carbocycles. The summed E-state index contributed by atoms with van der Waals surface area (Å²) in [5.74, 6) is 0.785. The average Bonchev–Trinajstić information content (AvgIpc) is 3.08. The summed E-state index contributed by atoms with van der Waals surface area (Å²) in [4.78, 5) is 14.9. The smallest absolute Gasteiger partial charge is 0.254 e. The molecule has 0 spiro atoms. The molecule has 1 fully saturated rings. The van der Waals surface area contributed by atoms with Crippen LogP contribution in [0.2, 0.25) is 0 Å². The van der Waals surface area contributed by atoms with Gasteiger partial charge in [0, 0.05) is 23.7 Å². The predicted octanol–water partition coefficient (Wildman–Crippen LogP) is 3.74. The maximum Gasteiger partial charge on any atom is 0.254 e. The Morgan fingerprint density at radius 2 is 2.04 bits per heavy atom. The summed E-state index contributed by atoms with van der Waals surface area (Å²) in [6, 6.07) is 15.7. The van der Waals surface area contributed by atoms with Gasteiger partial charge in [-0.3, -0.25) is 4.79 Å². The fourth-order valence-electron chi connectivity index (χ4n) is 3.59. The number of methoxy groups -OCH3 is 1. The number of rotatable bonds is 5. The Hall–Kier alpha value is -2.33. The quantitative estimate of drug-likeness (QED) is 0.903. The van der Waals surface area contributed by atoms with Gasteiger partial charge in [-0.05, 0) is 49.9 Å². The van der Waals surface area contributed by atoms with Crippen LogP contribution in [0.4, 0.5) is 0 Å². The fraction of sp³-hybridized carbons (Fsp3) is 0.381.